The topological polar surface area (TPSA) is 74.5 Å². The lowest BCUT2D eigenvalue weighted by molar-refractivity contribution is 0.436. The molecule has 1 heterocycles. The minimum absolute atomic E-state index is 0.297. The van der Waals surface area contributed by atoms with Crippen LogP contribution in [0.1, 0.15) is 6.92 Å². The zero-order chi connectivity index (χ0) is 12.6. The van der Waals surface area contributed by atoms with Crippen molar-refractivity contribution in [1.82, 2.24) is 10.9 Å². The molecular weight excluding hydrogens is 284 g/mol. The maximum absolute atomic E-state index is 5.93. The largest absolute Gasteiger partial charge is 0.369 e. The third-order valence-corrected chi connectivity index (χ3v) is 3.35. The number of hydrogen-bond acceptors (Lipinski definition) is 5. The van der Waals surface area contributed by atoms with Crippen LogP contribution in [0.2, 0.25) is 15.1 Å². The number of rotatable bonds is 2. The summed E-state index contributed by atoms with van der Waals surface area (Å²) in [5, 5.41) is 4.15. The number of benzene rings is 1. The molecule has 0 saturated carbocycles. The number of halogens is 3. The Balaban J connectivity index is 2.25. The average Bonchev–Trinajstić information content (AvgIpc) is 2.54. The lowest BCUT2D eigenvalue weighted by atomic mass is 10.3. The van der Waals surface area contributed by atoms with Gasteiger partial charge in [0, 0.05) is 5.69 Å². The fraction of sp³-hybridized carbons (Fsp3) is 0.222. The van der Waals surface area contributed by atoms with Gasteiger partial charge in [-0.1, -0.05) is 34.8 Å². The predicted octanol–water partition coefficient (Wildman–Crippen LogP) is 2.15. The molecule has 5 nitrogen and oxygen atoms in total. The van der Waals surface area contributed by atoms with E-state index >= 15 is 0 Å². The maximum Gasteiger partial charge on any atom is 0.206 e. The van der Waals surface area contributed by atoms with Gasteiger partial charge in [-0.15, -0.1) is 0 Å². The minimum Gasteiger partial charge on any atom is -0.369 e. The molecule has 17 heavy (non-hydrogen) atoms. The first-order valence-corrected chi connectivity index (χ1v) is 5.84. The third kappa shape index (κ3) is 2.69. The van der Waals surface area contributed by atoms with Crippen LogP contribution in [0.4, 0.5) is 5.69 Å². The summed E-state index contributed by atoms with van der Waals surface area (Å²) in [6.45, 7) is 1.80. The minimum atomic E-state index is -0.759. The molecule has 1 atom stereocenters. The van der Waals surface area contributed by atoms with Crippen LogP contribution < -0.4 is 21.9 Å². The fourth-order valence-corrected chi connectivity index (χ4v) is 2.05. The second-order valence-corrected chi connectivity index (χ2v) is 4.89. The molecule has 0 fully saturated rings. The van der Waals surface area contributed by atoms with Crippen molar-refractivity contribution >= 4 is 46.4 Å². The van der Waals surface area contributed by atoms with Crippen LogP contribution in [-0.4, -0.2) is 11.7 Å². The summed E-state index contributed by atoms with van der Waals surface area (Å²) in [5.41, 5.74) is 11.8. The number of aliphatic imine (C=N–C) groups is 1. The van der Waals surface area contributed by atoms with Gasteiger partial charge in [-0.3, -0.25) is 5.43 Å². The van der Waals surface area contributed by atoms with Crippen LogP contribution in [0.15, 0.2) is 17.1 Å². The number of guanidine groups is 1. The quantitative estimate of drug-likeness (QED) is 0.631. The van der Waals surface area contributed by atoms with Crippen molar-refractivity contribution < 1.29 is 0 Å². The van der Waals surface area contributed by atoms with Crippen LogP contribution in [0.3, 0.4) is 0 Å². The molecule has 5 N–H and O–H groups in total. The number of anilines is 1. The Morgan fingerprint density at radius 2 is 1.88 bits per heavy atom. The van der Waals surface area contributed by atoms with Crippen LogP contribution in [-0.2, 0) is 0 Å². The lowest BCUT2D eigenvalue weighted by Gasteiger charge is -2.23. The van der Waals surface area contributed by atoms with Gasteiger partial charge >= 0.3 is 0 Å². The Kier molecular flexibility index (Phi) is 3.27. The molecular formula is C9H10Cl3N5. The van der Waals surface area contributed by atoms with Crippen molar-refractivity contribution in [2.24, 2.45) is 10.7 Å². The monoisotopic (exact) mass is 293 g/mol. The molecule has 0 aliphatic carbocycles. The molecule has 1 aromatic carbocycles. The highest BCUT2D eigenvalue weighted by Gasteiger charge is 2.28. The van der Waals surface area contributed by atoms with E-state index in [0.717, 1.165) is 0 Å². The van der Waals surface area contributed by atoms with Crippen LogP contribution in [0, 0.1) is 0 Å². The summed E-state index contributed by atoms with van der Waals surface area (Å²) >= 11 is 17.7. The second-order valence-electron chi connectivity index (χ2n) is 3.70. The van der Waals surface area contributed by atoms with Gasteiger partial charge in [-0.2, -0.15) is 5.43 Å². The van der Waals surface area contributed by atoms with Gasteiger partial charge in [0.25, 0.3) is 0 Å². The van der Waals surface area contributed by atoms with Crippen LogP contribution in [0.5, 0.6) is 0 Å². The summed E-state index contributed by atoms with van der Waals surface area (Å²) in [6, 6.07) is 3.32. The van der Waals surface area contributed by atoms with E-state index in [4.69, 9.17) is 40.5 Å². The normalized spacial score (nSPS) is 23.2. The summed E-state index contributed by atoms with van der Waals surface area (Å²) in [6.07, 6.45) is 0. The Hall–Kier alpha value is -0.880. The van der Waals surface area contributed by atoms with Crippen molar-refractivity contribution in [1.29, 1.82) is 0 Å². The first-order chi connectivity index (χ1) is 7.89. The van der Waals surface area contributed by atoms with Crippen molar-refractivity contribution in [3.63, 3.8) is 0 Å². The molecule has 0 radical (unpaired) electrons. The van der Waals surface area contributed by atoms with Crippen LogP contribution in [0.25, 0.3) is 0 Å². The number of nitrogens with zero attached hydrogens (tertiary/aromatic N) is 1. The maximum atomic E-state index is 5.93. The van der Waals surface area contributed by atoms with E-state index in [-0.39, 0.29) is 0 Å². The molecule has 0 spiro atoms. The van der Waals surface area contributed by atoms with Crippen molar-refractivity contribution in [2.75, 3.05) is 5.32 Å². The van der Waals surface area contributed by atoms with Crippen molar-refractivity contribution in [2.45, 2.75) is 12.7 Å². The number of nitrogens with one attached hydrogen (secondary N) is 3. The molecule has 0 aromatic heterocycles. The van der Waals surface area contributed by atoms with Gasteiger partial charge in [-0.05, 0) is 19.1 Å². The molecule has 0 bridgehead atoms. The molecule has 0 amide bonds. The van der Waals surface area contributed by atoms with E-state index in [1.807, 2.05) is 0 Å². The second kappa shape index (κ2) is 4.42. The highest BCUT2D eigenvalue weighted by molar-refractivity contribution is 6.48. The molecule has 2 rings (SSSR count). The summed E-state index contributed by atoms with van der Waals surface area (Å²) in [7, 11) is 0. The van der Waals surface area contributed by atoms with E-state index in [9.17, 15) is 0 Å². The molecule has 0 saturated heterocycles. The highest BCUT2D eigenvalue weighted by atomic mass is 35.5. The van der Waals surface area contributed by atoms with Gasteiger partial charge < -0.3 is 11.1 Å². The molecule has 8 heteroatoms. The Morgan fingerprint density at radius 1 is 1.29 bits per heavy atom. The smallest absolute Gasteiger partial charge is 0.206 e. The number of hydrazine groups is 1. The van der Waals surface area contributed by atoms with E-state index in [2.05, 4.69) is 21.2 Å². The highest BCUT2D eigenvalue weighted by Crippen LogP contribution is 2.34. The summed E-state index contributed by atoms with van der Waals surface area (Å²) in [4.78, 5) is 4.14. The standard InChI is InChI=1S/C9H10Cl3N5/c1-9(15-8(13)16-17-9)14-4-2-5(10)7(12)6(11)3-4/h2-3,14,17H,1H3,(H3,13,15,16). The third-order valence-electron chi connectivity index (χ3n) is 2.15. The Morgan fingerprint density at radius 3 is 2.35 bits per heavy atom. The summed E-state index contributed by atoms with van der Waals surface area (Å²) < 4.78 is 0. The van der Waals surface area contributed by atoms with Crippen molar-refractivity contribution in [3.8, 4) is 0 Å². The molecule has 1 unspecified atom stereocenters. The molecule has 1 aliphatic rings. The van der Waals surface area contributed by atoms with Gasteiger partial charge in [0.15, 0.2) is 0 Å². The molecule has 1 aromatic rings. The number of nitrogens with two attached hydrogens (primary N) is 1. The first-order valence-electron chi connectivity index (χ1n) is 4.71. The van der Waals surface area contributed by atoms with Crippen molar-refractivity contribution in [3.05, 3.63) is 27.2 Å². The van der Waals surface area contributed by atoms with E-state index < -0.39 is 5.79 Å². The van der Waals surface area contributed by atoms with E-state index in [1.165, 1.54) is 0 Å². The Bertz CT molecular complexity index is 467. The summed E-state index contributed by atoms with van der Waals surface area (Å²) in [5.74, 6) is -0.462. The SMILES string of the molecule is CC1(Nc2cc(Cl)c(Cl)c(Cl)c2)N=C(N)NN1. The van der Waals surface area contributed by atoms with Crippen LogP contribution >= 0.6 is 34.8 Å². The zero-order valence-electron chi connectivity index (χ0n) is 8.81. The number of hydrogen-bond donors (Lipinski definition) is 4. The van der Waals surface area contributed by atoms with Gasteiger partial charge in [-0.25, -0.2) is 4.99 Å². The van der Waals surface area contributed by atoms with E-state index in [1.54, 1.807) is 19.1 Å². The average molecular weight is 295 g/mol. The first kappa shape index (κ1) is 12.6. The zero-order valence-corrected chi connectivity index (χ0v) is 11.1. The lowest BCUT2D eigenvalue weighted by Crippen LogP contribution is -2.49. The van der Waals surface area contributed by atoms with Gasteiger partial charge in [0.2, 0.25) is 11.7 Å². The Labute approximate surface area is 113 Å². The van der Waals surface area contributed by atoms with Gasteiger partial charge in [0.05, 0.1) is 15.1 Å². The van der Waals surface area contributed by atoms with Gasteiger partial charge in [0.1, 0.15) is 0 Å². The predicted molar refractivity (Wildman–Crippen MR) is 71.4 cm³/mol. The molecule has 92 valence electrons. The molecule has 1 aliphatic heterocycles. The van der Waals surface area contributed by atoms with E-state index in [0.29, 0.717) is 26.7 Å². The fourth-order valence-electron chi connectivity index (χ4n) is 1.45.